The van der Waals surface area contributed by atoms with E-state index < -0.39 is 29.7 Å². The first-order chi connectivity index (χ1) is 14.1. The number of ether oxygens (including phenoxy) is 1. The Morgan fingerprint density at radius 2 is 1.83 bits per heavy atom. The average Bonchev–Trinajstić information content (AvgIpc) is 2.69. The summed E-state index contributed by atoms with van der Waals surface area (Å²) in [5, 5.41) is 9.31. The number of methoxy groups -OCH3 is 1. The van der Waals surface area contributed by atoms with E-state index in [1.54, 1.807) is 24.3 Å². The molecule has 1 unspecified atom stereocenters. The number of hydrogen-bond donors (Lipinski definition) is 1. The summed E-state index contributed by atoms with van der Waals surface area (Å²) in [5.74, 6) is -0.857. The van der Waals surface area contributed by atoms with Gasteiger partial charge in [-0.3, -0.25) is 9.69 Å². The van der Waals surface area contributed by atoms with Gasteiger partial charge in [-0.05, 0) is 61.8 Å². The minimum Gasteiger partial charge on any atom is -0.496 e. The molecule has 1 aliphatic rings. The second kappa shape index (κ2) is 9.04. The molecule has 1 aliphatic heterocycles. The maximum absolute atomic E-state index is 13.5. The van der Waals surface area contributed by atoms with Crippen LogP contribution >= 0.6 is 23.2 Å². The first kappa shape index (κ1) is 22.7. The molecule has 0 spiro atoms. The van der Waals surface area contributed by atoms with Gasteiger partial charge in [-0.15, -0.1) is 0 Å². The molecule has 30 heavy (non-hydrogen) atoms. The molecule has 2 aromatic rings. The quantitative estimate of drug-likeness (QED) is 0.601. The zero-order chi connectivity index (χ0) is 22.1. The van der Waals surface area contributed by atoms with E-state index in [2.05, 4.69) is 0 Å². The number of likely N-dealkylation sites (tertiary alicyclic amines) is 1. The molecule has 2 aromatic carbocycles. The van der Waals surface area contributed by atoms with Gasteiger partial charge in [0.1, 0.15) is 5.75 Å². The summed E-state index contributed by atoms with van der Waals surface area (Å²) in [6, 6.07) is 8.18. The molecular weight excluding hydrogens is 442 g/mol. The maximum Gasteiger partial charge on any atom is 0.417 e. The van der Waals surface area contributed by atoms with Gasteiger partial charge >= 0.3 is 12.1 Å². The lowest BCUT2D eigenvalue weighted by Crippen LogP contribution is -2.39. The van der Waals surface area contributed by atoms with Crippen LogP contribution in [0.3, 0.4) is 0 Å². The van der Waals surface area contributed by atoms with E-state index in [1.807, 2.05) is 4.90 Å². The van der Waals surface area contributed by atoms with Crippen molar-refractivity contribution >= 4 is 29.2 Å². The molecule has 4 nitrogen and oxygen atoms in total. The topological polar surface area (TPSA) is 49.8 Å². The number of carboxylic acid groups (broad SMARTS) is 1. The summed E-state index contributed by atoms with van der Waals surface area (Å²) in [4.78, 5) is 13.3. The first-order valence-electron chi connectivity index (χ1n) is 9.28. The van der Waals surface area contributed by atoms with E-state index >= 15 is 0 Å². The Kier molecular flexibility index (Phi) is 6.84. The van der Waals surface area contributed by atoms with Crippen LogP contribution in [0.4, 0.5) is 13.2 Å². The highest BCUT2D eigenvalue weighted by Crippen LogP contribution is 2.42. The van der Waals surface area contributed by atoms with E-state index in [4.69, 9.17) is 27.9 Å². The van der Waals surface area contributed by atoms with Gasteiger partial charge in [-0.25, -0.2) is 0 Å². The number of hydrogen-bond acceptors (Lipinski definition) is 3. The van der Waals surface area contributed by atoms with Gasteiger partial charge in [0.05, 0.1) is 29.7 Å². The molecule has 0 aromatic heterocycles. The molecule has 1 N–H and O–H groups in total. The third kappa shape index (κ3) is 4.85. The Morgan fingerprint density at radius 3 is 2.40 bits per heavy atom. The number of benzene rings is 2. The lowest BCUT2D eigenvalue weighted by Gasteiger charge is -2.37. The highest BCUT2D eigenvalue weighted by Gasteiger charge is 2.36. The lowest BCUT2D eigenvalue weighted by atomic mass is 9.90. The number of piperidine rings is 1. The van der Waals surface area contributed by atoms with Gasteiger partial charge < -0.3 is 9.84 Å². The second-order valence-corrected chi connectivity index (χ2v) is 8.02. The number of carbonyl (C=O) groups is 1. The average molecular weight is 462 g/mol. The third-order valence-corrected chi connectivity index (χ3v) is 5.91. The molecule has 0 saturated carbocycles. The first-order valence-corrected chi connectivity index (χ1v) is 10.0. The fourth-order valence-electron chi connectivity index (χ4n) is 3.84. The Balaban J connectivity index is 2.10. The predicted octanol–water partition coefficient (Wildman–Crippen LogP) is 5.91. The monoisotopic (exact) mass is 461 g/mol. The molecule has 0 amide bonds. The largest absolute Gasteiger partial charge is 0.496 e. The minimum atomic E-state index is -4.60. The van der Waals surface area contributed by atoms with Crippen molar-refractivity contribution in [2.24, 2.45) is 5.92 Å². The SMILES string of the molecule is COc1ccc(Cl)cc1C(c1ccc(Cl)c(C(F)(F)F)c1)N1CCC(C(=O)O)CC1. The molecule has 3 rings (SSSR count). The standard InChI is InChI=1S/C21H20Cl2F3NO3/c1-30-18-5-3-14(22)11-15(18)19(27-8-6-12(7-9-27)20(28)29)13-2-4-17(23)16(10-13)21(24,25)26/h2-5,10-12,19H,6-9H2,1H3,(H,28,29). The van der Waals surface area contributed by atoms with Gasteiger partial charge in [-0.1, -0.05) is 29.3 Å². The fraction of sp³-hybridized carbons (Fsp3) is 0.381. The van der Waals surface area contributed by atoms with Crippen LogP contribution in [-0.4, -0.2) is 36.2 Å². The van der Waals surface area contributed by atoms with Gasteiger partial charge in [-0.2, -0.15) is 13.2 Å². The van der Waals surface area contributed by atoms with Crippen LogP contribution in [0.1, 0.15) is 35.6 Å². The number of halogens is 5. The van der Waals surface area contributed by atoms with E-state index in [0.29, 0.717) is 47.8 Å². The number of rotatable bonds is 5. The molecule has 0 aliphatic carbocycles. The molecule has 1 fully saturated rings. The Morgan fingerprint density at radius 1 is 1.17 bits per heavy atom. The molecular formula is C21H20Cl2F3NO3. The van der Waals surface area contributed by atoms with E-state index in [9.17, 15) is 23.1 Å². The molecule has 162 valence electrons. The van der Waals surface area contributed by atoms with Gasteiger partial charge in [0.25, 0.3) is 0 Å². The Hall–Kier alpha value is -1.96. The Labute approximate surface area is 182 Å². The molecule has 1 atom stereocenters. The van der Waals surface area contributed by atoms with Crippen molar-refractivity contribution in [2.75, 3.05) is 20.2 Å². The third-order valence-electron chi connectivity index (χ3n) is 5.34. The highest BCUT2D eigenvalue weighted by molar-refractivity contribution is 6.31. The van der Waals surface area contributed by atoms with E-state index in [1.165, 1.54) is 13.2 Å². The van der Waals surface area contributed by atoms with Crippen LogP contribution in [0.25, 0.3) is 0 Å². The van der Waals surface area contributed by atoms with Crippen molar-refractivity contribution < 1.29 is 27.8 Å². The van der Waals surface area contributed by atoms with Crippen LogP contribution in [0.5, 0.6) is 5.75 Å². The summed E-state index contributed by atoms with van der Waals surface area (Å²) < 4.78 is 45.9. The van der Waals surface area contributed by atoms with Crippen molar-refractivity contribution in [3.63, 3.8) is 0 Å². The molecule has 0 bridgehead atoms. The van der Waals surface area contributed by atoms with Crippen molar-refractivity contribution in [2.45, 2.75) is 25.1 Å². The summed E-state index contributed by atoms with van der Waals surface area (Å²) in [6.45, 7) is 0.808. The van der Waals surface area contributed by atoms with Gasteiger partial charge in [0.15, 0.2) is 0 Å². The van der Waals surface area contributed by atoms with E-state index in [0.717, 1.165) is 6.07 Å². The van der Waals surface area contributed by atoms with Crippen molar-refractivity contribution in [1.82, 2.24) is 4.90 Å². The maximum atomic E-state index is 13.5. The summed E-state index contributed by atoms with van der Waals surface area (Å²) >= 11 is 12.0. The molecule has 1 saturated heterocycles. The van der Waals surface area contributed by atoms with Crippen LogP contribution in [0.15, 0.2) is 36.4 Å². The Bertz CT molecular complexity index is 928. The number of carboxylic acids is 1. The summed E-state index contributed by atoms with van der Waals surface area (Å²) in [6.07, 6.45) is -3.81. The van der Waals surface area contributed by atoms with Gasteiger partial charge in [0, 0.05) is 10.6 Å². The smallest absolute Gasteiger partial charge is 0.417 e. The second-order valence-electron chi connectivity index (χ2n) is 7.17. The van der Waals surface area contributed by atoms with E-state index in [-0.39, 0.29) is 5.02 Å². The zero-order valence-corrected chi connectivity index (χ0v) is 17.6. The molecule has 1 heterocycles. The summed E-state index contributed by atoms with van der Waals surface area (Å²) in [7, 11) is 1.48. The lowest BCUT2D eigenvalue weighted by molar-refractivity contribution is -0.143. The molecule has 0 radical (unpaired) electrons. The van der Waals surface area contributed by atoms with Gasteiger partial charge in [0.2, 0.25) is 0 Å². The highest BCUT2D eigenvalue weighted by atomic mass is 35.5. The normalized spacial score (nSPS) is 17.0. The zero-order valence-electron chi connectivity index (χ0n) is 16.0. The molecule has 9 heteroatoms. The van der Waals surface area contributed by atoms with Crippen LogP contribution in [-0.2, 0) is 11.0 Å². The number of nitrogens with zero attached hydrogens (tertiary/aromatic N) is 1. The van der Waals surface area contributed by atoms with Crippen LogP contribution in [0, 0.1) is 5.92 Å². The summed E-state index contributed by atoms with van der Waals surface area (Å²) in [5.41, 5.74) is 0.0587. The van der Waals surface area contributed by atoms with Crippen molar-refractivity contribution in [1.29, 1.82) is 0 Å². The number of aliphatic carboxylic acids is 1. The van der Waals surface area contributed by atoms with Crippen molar-refractivity contribution in [3.05, 3.63) is 63.1 Å². The van der Waals surface area contributed by atoms with Crippen LogP contribution < -0.4 is 4.74 Å². The van der Waals surface area contributed by atoms with Crippen molar-refractivity contribution in [3.8, 4) is 5.75 Å². The number of alkyl halides is 3. The minimum absolute atomic E-state index is 0.376. The predicted molar refractivity (Wildman–Crippen MR) is 108 cm³/mol. The fourth-order valence-corrected chi connectivity index (χ4v) is 4.25. The van der Waals surface area contributed by atoms with Crippen LogP contribution in [0.2, 0.25) is 10.0 Å².